The standard InChI is InChI=1S/C59H107N2O7P/c1-7-10-13-16-19-22-25-27-28-29-30-31-32-34-36-39-42-45-48-51-58(62)60-56(55-67-69(64,65)66-54-53-61(4,5)6)57(50-47-44-41-38-35-24-21-18-15-12-9-3)68-59(63)52-49-46-43-40-37-33-26-23-20-17-14-11-8-2/h19,22,27-28,30-31,33,37,43,46-47,50,56-57H,7-18,20-21,23-26,29,32,34-36,38-42,44-45,48-49,51-55H2,1-6H3,(H-,60,62,64,65)/b22-19-,28-27-,31-30-,37-33-,46-43+,50-47-. The molecule has 0 aromatic carbocycles. The topological polar surface area (TPSA) is 114 Å². The van der Waals surface area contributed by atoms with Gasteiger partial charge in [0.15, 0.2) is 0 Å². The Bertz CT molecular complexity index is 1420. The quantitative estimate of drug-likeness (QED) is 0.0212. The smallest absolute Gasteiger partial charge is 0.306 e. The fourth-order valence-corrected chi connectivity index (χ4v) is 8.42. The van der Waals surface area contributed by atoms with E-state index in [1.54, 1.807) is 6.08 Å². The minimum Gasteiger partial charge on any atom is -0.756 e. The molecule has 0 aliphatic heterocycles. The van der Waals surface area contributed by atoms with Gasteiger partial charge in [0.05, 0.1) is 33.8 Å². The van der Waals surface area contributed by atoms with Crippen LogP contribution < -0.4 is 10.2 Å². The molecule has 0 spiro atoms. The summed E-state index contributed by atoms with van der Waals surface area (Å²) in [5, 5.41) is 2.99. The molecule has 0 aliphatic rings. The molecular weight excluding hydrogens is 880 g/mol. The van der Waals surface area contributed by atoms with E-state index < -0.39 is 32.5 Å². The third-order valence-corrected chi connectivity index (χ3v) is 13.1. The molecule has 0 aromatic heterocycles. The summed E-state index contributed by atoms with van der Waals surface area (Å²) in [6, 6.07) is -0.918. The lowest BCUT2D eigenvalue weighted by Gasteiger charge is -2.30. The summed E-state index contributed by atoms with van der Waals surface area (Å²) in [5.41, 5.74) is 0. The molecule has 0 saturated carbocycles. The molecule has 0 aliphatic carbocycles. The van der Waals surface area contributed by atoms with Gasteiger partial charge in [-0.1, -0.05) is 210 Å². The van der Waals surface area contributed by atoms with E-state index in [1.165, 1.54) is 109 Å². The van der Waals surface area contributed by atoms with Crippen LogP contribution in [0.4, 0.5) is 0 Å². The fourth-order valence-electron chi connectivity index (χ4n) is 7.70. The van der Waals surface area contributed by atoms with Gasteiger partial charge in [-0.2, -0.15) is 0 Å². The van der Waals surface area contributed by atoms with Crippen molar-refractivity contribution in [1.82, 2.24) is 5.32 Å². The second-order valence-corrected chi connectivity index (χ2v) is 21.5. The molecule has 0 bridgehead atoms. The van der Waals surface area contributed by atoms with E-state index in [0.29, 0.717) is 23.9 Å². The zero-order valence-corrected chi connectivity index (χ0v) is 46.4. The van der Waals surface area contributed by atoms with Crippen molar-refractivity contribution in [2.24, 2.45) is 0 Å². The number of quaternary nitrogens is 1. The van der Waals surface area contributed by atoms with Crippen LogP contribution in [-0.4, -0.2) is 69.4 Å². The van der Waals surface area contributed by atoms with E-state index in [2.05, 4.69) is 80.8 Å². The molecular formula is C59H107N2O7P. The Morgan fingerprint density at radius 2 is 0.899 bits per heavy atom. The average molecular weight is 987 g/mol. The highest BCUT2D eigenvalue weighted by atomic mass is 31.2. The van der Waals surface area contributed by atoms with Crippen LogP contribution in [0.5, 0.6) is 0 Å². The van der Waals surface area contributed by atoms with Crippen molar-refractivity contribution in [2.75, 3.05) is 40.9 Å². The number of esters is 1. The lowest BCUT2D eigenvalue weighted by atomic mass is 10.1. The van der Waals surface area contributed by atoms with Crippen LogP contribution >= 0.6 is 7.82 Å². The number of amides is 1. The first-order chi connectivity index (χ1) is 33.4. The van der Waals surface area contributed by atoms with Crippen LogP contribution in [0.1, 0.15) is 239 Å². The van der Waals surface area contributed by atoms with Gasteiger partial charge in [0.2, 0.25) is 5.91 Å². The summed E-state index contributed by atoms with van der Waals surface area (Å²) in [4.78, 5) is 39.7. The number of hydrogen-bond acceptors (Lipinski definition) is 7. The maximum atomic E-state index is 13.5. The average Bonchev–Trinajstić information content (AvgIpc) is 3.31. The molecule has 0 fully saturated rings. The SMILES string of the molecule is CCCCC/C=C\C/C=C\C/C=C\CCCCCCCCC(=O)NC(COP(=O)([O-])OCC[N+](C)(C)C)C(/C=C\CCCCCCCCCCC)OC(=O)CC/C=C/C/C=C\CCCCCCCC. The van der Waals surface area contributed by atoms with E-state index in [9.17, 15) is 19.0 Å². The maximum absolute atomic E-state index is 13.5. The van der Waals surface area contributed by atoms with Crippen LogP contribution in [0, 0.1) is 0 Å². The van der Waals surface area contributed by atoms with Gasteiger partial charge in [-0.25, -0.2) is 0 Å². The molecule has 69 heavy (non-hydrogen) atoms. The molecule has 400 valence electrons. The normalized spacial score (nSPS) is 14.4. The Kier molecular flexibility index (Phi) is 47.2. The van der Waals surface area contributed by atoms with Gasteiger partial charge in [0.25, 0.3) is 7.82 Å². The number of phosphoric acid groups is 1. The lowest BCUT2D eigenvalue weighted by molar-refractivity contribution is -0.870. The van der Waals surface area contributed by atoms with Gasteiger partial charge in [0, 0.05) is 12.8 Å². The molecule has 0 rings (SSSR count). The number of likely N-dealkylation sites (N-methyl/N-ethyl adjacent to an activating group) is 1. The molecule has 0 radical (unpaired) electrons. The van der Waals surface area contributed by atoms with Gasteiger partial charge in [-0.15, -0.1) is 0 Å². The Labute approximate surface area is 425 Å². The first kappa shape index (κ1) is 66.5. The van der Waals surface area contributed by atoms with Crippen LogP contribution in [0.15, 0.2) is 72.9 Å². The van der Waals surface area contributed by atoms with Crippen molar-refractivity contribution in [2.45, 2.75) is 251 Å². The number of unbranched alkanes of at least 4 members (excludes halogenated alkanes) is 24. The first-order valence-corrected chi connectivity index (χ1v) is 29.7. The number of nitrogens with zero attached hydrogens (tertiary/aromatic N) is 1. The zero-order valence-electron chi connectivity index (χ0n) is 45.5. The van der Waals surface area contributed by atoms with Gasteiger partial charge in [-0.3, -0.25) is 14.2 Å². The Balaban J connectivity index is 5.39. The molecule has 0 heterocycles. The number of carbonyl (C=O) groups excluding carboxylic acids is 2. The van der Waals surface area contributed by atoms with Crippen LogP contribution in [-0.2, 0) is 27.9 Å². The molecule has 0 aromatic rings. The molecule has 0 saturated heterocycles. The van der Waals surface area contributed by atoms with Crippen molar-refractivity contribution in [3.63, 3.8) is 0 Å². The maximum Gasteiger partial charge on any atom is 0.306 e. The van der Waals surface area contributed by atoms with E-state index >= 15 is 0 Å². The summed E-state index contributed by atoms with van der Waals surface area (Å²) in [7, 11) is 1.14. The first-order valence-electron chi connectivity index (χ1n) is 28.2. The third kappa shape index (κ3) is 50.2. The third-order valence-electron chi connectivity index (χ3n) is 12.1. The van der Waals surface area contributed by atoms with E-state index in [-0.39, 0.29) is 25.4 Å². The van der Waals surface area contributed by atoms with Crippen LogP contribution in [0.3, 0.4) is 0 Å². The number of hydrogen-bond donors (Lipinski definition) is 1. The van der Waals surface area contributed by atoms with Crippen molar-refractivity contribution in [3.05, 3.63) is 72.9 Å². The molecule has 3 unspecified atom stereocenters. The highest BCUT2D eigenvalue weighted by Crippen LogP contribution is 2.38. The largest absolute Gasteiger partial charge is 0.756 e. The zero-order chi connectivity index (χ0) is 50.8. The molecule has 3 atom stereocenters. The van der Waals surface area contributed by atoms with Crippen molar-refractivity contribution >= 4 is 19.7 Å². The molecule has 9 nitrogen and oxygen atoms in total. The van der Waals surface area contributed by atoms with Gasteiger partial charge in [-0.05, 0) is 89.5 Å². The summed E-state index contributed by atoms with van der Waals surface area (Å²) in [6.07, 6.45) is 61.7. The minimum absolute atomic E-state index is 0.0351. The Morgan fingerprint density at radius 3 is 1.38 bits per heavy atom. The summed E-state index contributed by atoms with van der Waals surface area (Å²) >= 11 is 0. The van der Waals surface area contributed by atoms with E-state index in [4.69, 9.17) is 13.8 Å². The number of nitrogens with one attached hydrogen (secondary N) is 1. The van der Waals surface area contributed by atoms with Crippen LogP contribution in [0.2, 0.25) is 0 Å². The van der Waals surface area contributed by atoms with Crippen molar-refractivity contribution < 1.29 is 37.3 Å². The lowest BCUT2D eigenvalue weighted by Crippen LogP contribution is -2.47. The number of rotatable bonds is 50. The predicted octanol–water partition coefficient (Wildman–Crippen LogP) is 16.3. The second kappa shape index (κ2) is 49.0. The van der Waals surface area contributed by atoms with Crippen molar-refractivity contribution in [3.8, 4) is 0 Å². The fraction of sp³-hybridized carbons (Fsp3) is 0.763. The van der Waals surface area contributed by atoms with Crippen molar-refractivity contribution in [1.29, 1.82) is 0 Å². The van der Waals surface area contributed by atoms with Crippen LogP contribution in [0.25, 0.3) is 0 Å². The number of allylic oxidation sites excluding steroid dienone is 11. The number of phosphoric ester groups is 1. The summed E-state index contributed by atoms with van der Waals surface area (Å²) in [5.74, 6) is -0.637. The van der Waals surface area contributed by atoms with E-state index in [0.717, 1.165) is 83.5 Å². The van der Waals surface area contributed by atoms with E-state index in [1.807, 2.05) is 33.3 Å². The van der Waals surface area contributed by atoms with Gasteiger partial charge in [0.1, 0.15) is 19.3 Å². The minimum atomic E-state index is -4.71. The van der Waals surface area contributed by atoms with Gasteiger partial charge < -0.3 is 28.5 Å². The second-order valence-electron chi connectivity index (χ2n) is 20.1. The Morgan fingerprint density at radius 1 is 0.507 bits per heavy atom. The highest BCUT2D eigenvalue weighted by Gasteiger charge is 2.27. The summed E-state index contributed by atoms with van der Waals surface area (Å²) in [6.45, 7) is 6.74. The molecule has 1 amide bonds. The Hall–Kier alpha value is -2.55. The predicted molar refractivity (Wildman–Crippen MR) is 293 cm³/mol. The number of carbonyl (C=O) groups is 2. The number of ether oxygens (including phenoxy) is 1. The highest BCUT2D eigenvalue weighted by molar-refractivity contribution is 7.45. The molecule has 1 N–H and O–H groups in total. The van der Waals surface area contributed by atoms with Gasteiger partial charge >= 0.3 is 5.97 Å². The monoisotopic (exact) mass is 987 g/mol. The molecule has 10 heteroatoms. The summed E-state index contributed by atoms with van der Waals surface area (Å²) < 4.78 is 30.1.